The van der Waals surface area contributed by atoms with Crippen LogP contribution in [0.1, 0.15) is 24.6 Å². The molecule has 1 N–H and O–H groups in total. The number of nitrogens with one attached hydrogen (secondary N) is 1. The summed E-state index contributed by atoms with van der Waals surface area (Å²) in [5.74, 6) is 0.805. The normalized spacial score (nSPS) is 14.6. The maximum absolute atomic E-state index is 13.6. The van der Waals surface area contributed by atoms with E-state index in [2.05, 4.69) is 26.3 Å². The maximum atomic E-state index is 13.6. The van der Waals surface area contributed by atoms with Gasteiger partial charge in [-0.2, -0.15) is 5.26 Å². The van der Waals surface area contributed by atoms with Crippen LogP contribution in [0.25, 0.3) is 21.8 Å². The molecular formula is C24H25N7O. The van der Waals surface area contributed by atoms with Gasteiger partial charge in [-0.05, 0) is 31.3 Å². The van der Waals surface area contributed by atoms with Crippen LogP contribution < -0.4 is 15.8 Å². The van der Waals surface area contributed by atoms with Gasteiger partial charge in [-0.1, -0.05) is 24.3 Å². The fourth-order valence-electron chi connectivity index (χ4n) is 4.63. The fourth-order valence-corrected chi connectivity index (χ4v) is 4.63. The summed E-state index contributed by atoms with van der Waals surface area (Å²) in [5, 5.41) is 15.5. The van der Waals surface area contributed by atoms with E-state index in [-0.39, 0.29) is 5.56 Å². The van der Waals surface area contributed by atoms with E-state index in [1.54, 1.807) is 17.1 Å². The highest BCUT2D eigenvalue weighted by molar-refractivity contribution is 5.89. The average molecular weight is 428 g/mol. The van der Waals surface area contributed by atoms with Crippen LogP contribution in [0.4, 0.5) is 5.82 Å². The first kappa shape index (κ1) is 20.2. The van der Waals surface area contributed by atoms with Crippen molar-refractivity contribution in [3.8, 4) is 6.07 Å². The first-order chi connectivity index (χ1) is 15.7. The minimum atomic E-state index is -0.151. The Morgan fingerprint density at radius 3 is 2.88 bits per heavy atom. The van der Waals surface area contributed by atoms with E-state index in [9.17, 15) is 10.1 Å². The summed E-state index contributed by atoms with van der Waals surface area (Å²) < 4.78 is 3.56. The van der Waals surface area contributed by atoms with Gasteiger partial charge < -0.3 is 14.8 Å². The van der Waals surface area contributed by atoms with Crippen LogP contribution in [0.3, 0.4) is 0 Å². The molecule has 0 unspecified atom stereocenters. The van der Waals surface area contributed by atoms with Crippen molar-refractivity contribution in [1.82, 2.24) is 24.4 Å². The van der Waals surface area contributed by atoms with E-state index in [1.807, 2.05) is 41.8 Å². The Bertz CT molecular complexity index is 1380. The Hall–Kier alpha value is -3.70. The third-order valence-corrected chi connectivity index (χ3v) is 6.14. The number of benzene rings is 1. The molecule has 32 heavy (non-hydrogen) atoms. The Kier molecular flexibility index (Phi) is 5.33. The number of hydrogen-bond acceptors (Lipinski definition) is 6. The summed E-state index contributed by atoms with van der Waals surface area (Å²) in [4.78, 5) is 24.9. The Balaban J connectivity index is 1.66. The summed E-state index contributed by atoms with van der Waals surface area (Å²) in [6.45, 7) is 6.34. The lowest BCUT2D eigenvalue weighted by atomic mass is 10.1. The van der Waals surface area contributed by atoms with E-state index >= 15 is 0 Å². The number of pyridine rings is 1. The van der Waals surface area contributed by atoms with Crippen molar-refractivity contribution in [2.24, 2.45) is 0 Å². The Labute approximate surface area is 185 Å². The lowest BCUT2D eigenvalue weighted by molar-refractivity contribution is 0.703. The monoisotopic (exact) mass is 427 g/mol. The zero-order chi connectivity index (χ0) is 22.1. The van der Waals surface area contributed by atoms with Gasteiger partial charge in [0.2, 0.25) is 0 Å². The van der Waals surface area contributed by atoms with E-state index in [4.69, 9.17) is 0 Å². The van der Waals surface area contributed by atoms with Gasteiger partial charge in [0.15, 0.2) is 0 Å². The molecule has 4 heterocycles. The molecule has 8 nitrogen and oxygen atoms in total. The van der Waals surface area contributed by atoms with Crippen LogP contribution >= 0.6 is 0 Å². The number of fused-ring (bicyclic) bond motifs is 2. The number of aryl methyl sites for hydroxylation is 1. The predicted octanol–water partition coefficient (Wildman–Crippen LogP) is 2.49. The molecule has 0 atom stereocenters. The smallest absolute Gasteiger partial charge is 0.278 e. The highest BCUT2D eigenvalue weighted by Gasteiger charge is 2.25. The van der Waals surface area contributed by atoms with E-state index in [0.717, 1.165) is 54.9 Å². The van der Waals surface area contributed by atoms with Crippen molar-refractivity contribution in [3.05, 3.63) is 64.5 Å². The summed E-state index contributed by atoms with van der Waals surface area (Å²) >= 11 is 0. The van der Waals surface area contributed by atoms with Crippen molar-refractivity contribution in [2.75, 3.05) is 31.1 Å². The van der Waals surface area contributed by atoms with Crippen LogP contribution in [0, 0.1) is 11.3 Å². The van der Waals surface area contributed by atoms with Gasteiger partial charge in [-0.3, -0.25) is 14.3 Å². The molecule has 5 rings (SSSR count). The quantitative estimate of drug-likeness (QED) is 0.538. The molecule has 0 bridgehead atoms. The number of nitriles is 1. The molecule has 3 aromatic heterocycles. The number of rotatable bonds is 4. The minimum Gasteiger partial charge on any atom is -0.356 e. The van der Waals surface area contributed by atoms with E-state index in [1.165, 1.54) is 0 Å². The van der Waals surface area contributed by atoms with Gasteiger partial charge in [0.25, 0.3) is 5.56 Å². The summed E-state index contributed by atoms with van der Waals surface area (Å²) in [7, 11) is 0. The molecule has 1 saturated heterocycles. The third-order valence-electron chi connectivity index (χ3n) is 6.14. The summed E-state index contributed by atoms with van der Waals surface area (Å²) in [6, 6.07) is 12.3. The van der Waals surface area contributed by atoms with Gasteiger partial charge in [-0.25, -0.2) is 4.98 Å². The first-order valence-corrected chi connectivity index (χ1v) is 11.0. The molecule has 1 aliphatic rings. The largest absolute Gasteiger partial charge is 0.356 e. The second-order valence-corrected chi connectivity index (χ2v) is 8.00. The number of nitrogens with zero attached hydrogens (tertiary/aromatic N) is 6. The topological polar surface area (TPSA) is 91.8 Å². The van der Waals surface area contributed by atoms with Crippen molar-refractivity contribution >= 4 is 27.6 Å². The third kappa shape index (κ3) is 3.31. The molecule has 162 valence electrons. The average Bonchev–Trinajstić information content (AvgIpc) is 2.95. The SMILES string of the molecule is CCn1c(N2CCCNCC2)c(C#N)c2ncn(Cc3nccc4ccccc34)c(=O)c21. The van der Waals surface area contributed by atoms with Gasteiger partial charge in [0, 0.05) is 37.8 Å². The maximum Gasteiger partial charge on any atom is 0.278 e. The van der Waals surface area contributed by atoms with Crippen LogP contribution in [-0.2, 0) is 13.1 Å². The van der Waals surface area contributed by atoms with Crippen molar-refractivity contribution < 1.29 is 0 Å². The van der Waals surface area contributed by atoms with Crippen LogP contribution in [0.2, 0.25) is 0 Å². The number of aromatic nitrogens is 4. The standard InChI is InChI=1S/C24H25N7O/c1-2-31-22-21(19(14-25)23(31)29-12-5-9-26-11-13-29)28-16-30(24(22)32)15-20-18-7-4-3-6-17(18)8-10-27-20/h3-4,6-8,10,16,26H,2,5,9,11-13,15H2,1H3. The van der Waals surface area contributed by atoms with Crippen LogP contribution in [0.15, 0.2) is 47.7 Å². The van der Waals surface area contributed by atoms with Crippen LogP contribution in [0.5, 0.6) is 0 Å². The van der Waals surface area contributed by atoms with Gasteiger partial charge in [0.05, 0.1) is 18.6 Å². The highest BCUT2D eigenvalue weighted by Crippen LogP contribution is 2.30. The first-order valence-electron chi connectivity index (χ1n) is 11.0. The lowest BCUT2D eigenvalue weighted by Gasteiger charge is -2.24. The summed E-state index contributed by atoms with van der Waals surface area (Å²) in [6.07, 6.45) is 4.30. The number of anilines is 1. The molecule has 8 heteroatoms. The summed E-state index contributed by atoms with van der Waals surface area (Å²) in [5.41, 5.74) is 2.12. The molecule has 0 amide bonds. The molecule has 0 radical (unpaired) electrons. The van der Waals surface area contributed by atoms with Crippen molar-refractivity contribution in [3.63, 3.8) is 0 Å². The van der Waals surface area contributed by atoms with E-state index < -0.39 is 0 Å². The van der Waals surface area contributed by atoms with Gasteiger partial charge in [-0.15, -0.1) is 0 Å². The Morgan fingerprint density at radius 1 is 1.16 bits per heavy atom. The molecule has 1 fully saturated rings. The second kappa shape index (κ2) is 8.44. The molecule has 0 spiro atoms. The lowest BCUT2D eigenvalue weighted by Crippen LogP contribution is -2.30. The van der Waals surface area contributed by atoms with Gasteiger partial charge >= 0.3 is 0 Å². The minimum absolute atomic E-state index is 0.151. The number of hydrogen-bond donors (Lipinski definition) is 1. The molecule has 1 aromatic carbocycles. The molecule has 4 aromatic rings. The van der Waals surface area contributed by atoms with Crippen LogP contribution in [-0.4, -0.2) is 45.3 Å². The molecule has 0 aliphatic carbocycles. The predicted molar refractivity (Wildman–Crippen MR) is 125 cm³/mol. The zero-order valence-electron chi connectivity index (χ0n) is 18.1. The molecule has 0 saturated carbocycles. The highest BCUT2D eigenvalue weighted by atomic mass is 16.1. The molecular weight excluding hydrogens is 402 g/mol. The zero-order valence-corrected chi connectivity index (χ0v) is 18.1. The van der Waals surface area contributed by atoms with E-state index in [0.29, 0.717) is 29.7 Å². The van der Waals surface area contributed by atoms with Gasteiger partial charge in [0.1, 0.15) is 28.5 Å². The fraction of sp³-hybridized carbons (Fsp3) is 0.333. The Morgan fingerprint density at radius 2 is 2.03 bits per heavy atom. The molecule has 1 aliphatic heterocycles. The van der Waals surface area contributed by atoms with Crippen molar-refractivity contribution in [2.45, 2.75) is 26.4 Å². The van der Waals surface area contributed by atoms with Crippen molar-refractivity contribution in [1.29, 1.82) is 5.26 Å². The second-order valence-electron chi connectivity index (χ2n) is 8.00.